The van der Waals surface area contributed by atoms with Crippen LogP contribution in [0.25, 0.3) is 0 Å². The maximum absolute atomic E-state index is 12.0. The summed E-state index contributed by atoms with van der Waals surface area (Å²) in [5.41, 5.74) is 0.523. The molecular weight excluding hydrogens is 420 g/mol. The first-order valence-electron chi connectivity index (χ1n) is 11.1. The molecule has 4 amide bonds. The molecule has 3 saturated heterocycles. The second kappa shape index (κ2) is 11.4. The maximum atomic E-state index is 12.0. The van der Waals surface area contributed by atoms with Gasteiger partial charge in [-0.25, -0.2) is 9.59 Å². The van der Waals surface area contributed by atoms with Crippen molar-refractivity contribution in [2.45, 2.75) is 81.5 Å². The minimum Gasteiger partial charge on any atom is -0.356 e. The highest BCUT2D eigenvalue weighted by Gasteiger charge is 2.42. The molecule has 0 radical (unpaired) electrons. The summed E-state index contributed by atoms with van der Waals surface area (Å²) in [5.74, 6) is 0.353. The van der Waals surface area contributed by atoms with Gasteiger partial charge in [-0.2, -0.15) is 11.8 Å². The van der Waals surface area contributed by atoms with E-state index in [2.05, 4.69) is 22.5 Å². The van der Waals surface area contributed by atoms with Crippen LogP contribution in [0.15, 0.2) is 12.3 Å². The third-order valence-electron chi connectivity index (χ3n) is 5.79. The van der Waals surface area contributed by atoms with Gasteiger partial charge in [0.05, 0.1) is 17.8 Å². The Morgan fingerprint density at radius 1 is 1.10 bits per heavy atom. The molecule has 0 aromatic carbocycles. The molecule has 0 bridgehead atoms. The number of hydrogen-bond acceptors (Lipinski definition) is 6. The van der Waals surface area contributed by atoms with Crippen LogP contribution in [0.5, 0.6) is 0 Å². The van der Waals surface area contributed by atoms with Crippen LogP contribution >= 0.6 is 11.8 Å². The van der Waals surface area contributed by atoms with Crippen molar-refractivity contribution in [3.05, 3.63) is 12.3 Å². The van der Waals surface area contributed by atoms with Gasteiger partial charge in [0.2, 0.25) is 5.91 Å². The largest absolute Gasteiger partial charge is 0.356 e. The molecule has 3 heterocycles. The molecule has 3 N–H and O–H groups in total. The number of carbonyl (C=O) groups excluding carboxylic acids is 4. The van der Waals surface area contributed by atoms with Crippen molar-refractivity contribution in [3.8, 4) is 0 Å². The molecule has 0 aliphatic carbocycles. The predicted molar refractivity (Wildman–Crippen MR) is 117 cm³/mol. The van der Waals surface area contributed by atoms with Crippen LogP contribution in [-0.2, 0) is 19.2 Å². The van der Waals surface area contributed by atoms with Crippen LogP contribution in [0, 0.1) is 0 Å². The van der Waals surface area contributed by atoms with Crippen LogP contribution in [0.2, 0.25) is 0 Å². The molecule has 10 heteroatoms. The van der Waals surface area contributed by atoms with E-state index in [4.69, 9.17) is 4.84 Å². The molecule has 2 unspecified atom stereocenters. The lowest BCUT2D eigenvalue weighted by Crippen LogP contribution is -2.36. The second-order valence-corrected chi connectivity index (χ2v) is 9.52. The minimum absolute atomic E-state index is 0.0539. The van der Waals surface area contributed by atoms with Crippen molar-refractivity contribution >= 4 is 35.6 Å². The topological polar surface area (TPSA) is 117 Å². The fourth-order valence-corrected chi connectivity index (χ4v) is 5.60. The third-order valence-corrected chi connectivity index (χ3v) is 7.30. The Balaban J connectivity index is 1.15. The summed E-state index contributed by atoms with van der Waals surface area (Å²) in [6, 6.07) is 0.400. The standard InChI is InChI=1S/C21H32N4O5S/c1-14-10-11-18(27)25(14)30-19(28)9-3-2-6-12-22-17(26)8-5-4-7-16-20-15(13-31-16)23-21(29)24-20/h15-16,20H,1-13H2,(H,22,26)(H2,23,24,29)/t15?,16-,20?/m1/s1. The van der Waals surface area contributed by atoms with Crippen molar-refractivity contribution in [3.63, 3.8) is 0 Å². The zero-order valence-corrected chi connectivity index (χ0v) is 18.6. The van der Waals surface area contributed by atoms with E-state index in [1.807, 2.05) is 11.8 Å². The van der Waals surface area contributed by atoms with Gasteiger partial charge in [0, 0.05) is 36.8 Å². The number of allylic oxidation sites excluding steroid dienone is 1. The second-order valence-electron chi connectivity index (χ2n) is 8.25. The van der Waals surface area contributed by atoms with E-state index in [1.54, 1.807) is 0 Å². The number of nitrogens with zero attached hydrogens (tertiary/aromatic N) is 1. The van der Waals surface area contributed by atoms with Crippen LogP contribution < -0.4 is 16.0 Å². The van der Waals surface area contributed by atoms with Crippen LogP contribution in [-0.4, -0.2) is 58.5 Å². The highest BCUT2D eigenvalue weighted by atomic mass is 32.2. The van der Waals surface area contributed by atoms with Crippen molar-refractivity contribution in [2.75, 3.05) is 12.3 Å². The molecular formula is C21H32N4O5S. The number of carbonyl (C=O) groups is 4. The maximum Gasteiger partial charge on any atom is 0.333 e. The molecule has 9 nitrogen and oxygen atoms in total. The van der Waals surface area contributed by atoms with Gasteiger partial charge in [-0.1, -0.05) is 19.4 Å². The molecule has 0 saturated carbocycles. The Morgan fingerprint density at radius 3 is 2.68 bits per heavy atom. The minimum atomic E-state index is -0.430. The predicted octanol–water partition coefficient (Wildman–Crippen LogP) is 1.98. The fourth-order valence-electron chi connectivity index (χ4n) is 4.05. The Labute approximate surface area is 187 Å². The Bertz CT molecular complexity index is 700. The molecule has 172 valence electrons. The molecule has 0 spiro atoms. The van der Waals surface area contributed by atoms with Crippen molar-refractivity contribution in [1.29, 1.82) is 0 Å². The Hall–Kier alpha value is -2.23. The van der Waals surface area contributed by atoms with Crippen LogP contribution in [0.1, 0.15) is 64.2 Å². The van der Waals surface area contributed by atoms with Gasteiger partial charge >= 0.3 is 12.0 Å². The SMILES string of the molecule is C=C1CCC(=O)N1OC(=O)CCCCCNC(=O)CCCC[C@H]1SCC2NC(=O)NC21. The first-order valence-corrected chi connectivity index (χ1v) is 12.2. The van der Waals surface area contributed by atoms with Crippen molar-refractivity contribution < 1.29 is 24.0 Å². The number of fused-ring (bicyclic) bond motifs is 1. The Kier molecular flexibility index (Phi) is 8.62. The van der Waals surface area contributed by atoms with E-state index in [0.29, 0.717) is 43.2 Å². The van der Waals surface area contributed by atoms with Crippen LogP contribution in [0.3, 0.4) is 0 Å². The van der Waals surface area contributed by atoms with Gasteiger partial charge in [0.25, 0.3) is 5.91 Å². The number of urea groups is 1. The fraction of sp³-hybridized carbons (Fsp3) is 0.714. The summed E-state index contributed by atoms with van der Waals surface area (Å²) in [6.45, 7) is 4.30. The lowest BCUT2D eigenvalue weighted by atomic mass is 10.0. The lowest BCUT2D eigenvalue weighted by Gasteiger charge is -2.16. The zero-order chi connectivity index (χ0) is 22.2. The Morgan fingerprint density at radius 2 is 1.90 bits per heavy atom. The van der Waals surface area contributed by atoms with Gasteiger partial charge in [0.15, 0.2) is 0 Å². The number of amides is 4. The molecule has 3 fully saturated rings. The normalized spacial score (nSPS) is 24.7. The average molecular weight is 453 g/mol. The van der Waals surface area contributed by atoms with Gasteiger partial charge < -0.3 is 20.8 Å². The number of unbranched alkanes of at least 4 members (excludes halogenated alkanes) is 3. The smallest absolute Gasteiger partial charge is 0.333 e. The molecule has 3 atom stereocenters. The molecule has 0 aromatic heterocycles. The van der Waals surface area contributed by atoms with Crippen molar-refractivity contribution in [1.82, 2.24) is 21.0 Å². The van der Waals surface area contributed by atoms with E-state index in [1.165, 1.54) is 0 Å². The summed E-state index contributed by atoms with van der Waals surface area (Å²) >= 11 is 1.89. The third kappa shape index (κ3) is 6.88. The van der Waals surface area contributed by atoms with Gasteiger partial charge in [-0.3, -0.25) is 9.59 Å². The first kappa shape index (κ1) is 23.4. The van der Waals surface area contributed by atoms with Gasteiger partial charge in [-0.05, 0) is 32.1 Å². The number of thioether (sulfide) groups is 1. The molecule has 0 aromatic rings. The van der Waals surface area contributed by atoms with E-state index < -0.39 is 5.97 Å². The first-order chi connectivity index (χ1) is 14.9. The number of hydrogen-bond donors (Lipinski definition) is 3. The molecule has 3 aliphatic rings. The highest BCUT2D eigenvalue weighted by molar-refractivity contribution is 8.00. The molecule has 31 heavy (non-hydrogen) atoms. The van der Waals surface area contributed by atoms with Gasteiger partial charge in [-0.15, -0.1) is 5.06 Å². The lowest BCUT2D eigenvalue weighted by molar-refractivity contribution is -0.186. The van der Waals surface area contributed by atoms with E-state index in [0.717, 1.165) is 42.9 Å². The summed E-state index contributed by atoms with van der Waals surface area (Å²) in [7, 11) is 0. The molecule has 3 rings (SSSR count). The highest BCUT2D eigenvalue weighted by Crippen LogP contribution is 2.33. The number of hydroxylamine groups is 2. The number of nitrogens with one attached hydrogen (secondary N) is 3. The van der Waals surface area contributed by atoms with E-state index >= 15 is 0 Å². The monoisotopic (exact) mass is 452 g/mol. The molecule has 3 aliphatic heterocycles. The summed E-state index contributed by atoms with van der Waals surface area (Å²) in [6.07, 6.45) is 6.67. The van der Waals surface area contributed by atoms with E-state index in [-0.39, 0.29) is 36.3 Å². The summed E-state index contributed by atoms with van der Waals surface area (Å²) < 4.78 is 0. The zero-order valence-electron chi connectivity index (χ0n) is 17.8. The van der Waals surface area contributed by atoms with Crippen LogP contribution in [0.4, 0.5) is 4.79 Å². The van der Waals surface area contributed by atoms with Crippen molar-refractivity contribution in [2.24, 2.45) is 0 Å². The van der Waals surface area contributed by atoms with Gasteiger partial charge in [0.1, 0.15) is 0 Å². The quantitative estimate of drug-likeness (QED) is 0.308. The average Bonchev–Trinajstić information content (AvgIpc) is 3.38. The number of rotatable bonds is 12. The summed E-state index contributed by atoms with van der Waals surface area (Å²) in [4.78, 5) is 51.7. The summed E-state index contributed by atoms with van der Waals surface area (Å²) in [5, 5.41) is 10.3. The van der Waals surface area contributed by atoms with E-state index in [9.17, 15) is 19.2 Å².